The van der Waals surface area contributed by atoms with Crippen LogP contribution in [0.1, 0.15) is 178 Å². The molecule has 0 amide bonds. The minimum atomic E-state index is -0.0843. The lowest BCUT2D eigenvalue weighted by Crippen LogP contribution is -2.05. The van der Waals surface area contributed by atoms with Gasteiger partial charge in [0, 0.05) is 51.4 Å². The van der Waals surface area contributed by atoms with E-state index in [1.54, 1.807) is 0 Å². The summed E-state index contributed by atoms with van der Waals surface area (Å²) in [5.41, 5.74) is 0. The summed E-state index contributed by atoms with van der Waals surface area (Å²) in [6.07, 6.45) is 38.9. The predicted molar refractivity (Wildman–Crippen MR) is 329 cm³/mol. The molecule has 4 atom stereocenters. The number of benzene rings is 1. The van der Waals surface area contributed by atoms with Crippen molar-refractivity contribution in [3.05, 3.63) is 30.3 Å². The maximum Gasteiger partial charge on any atom is 0.0625 e. The first-order valence-corrected chi connectivity index (χ1v) is 38.7. The van der Waals surface area contributed by atoms with Gasteiger partial charge in [0.15, 0.2) is 0 Å². The maximum absolute atomic E-state index is 8.59. The Morgan fingerprint density at radius 3 is 0.889 bits per heavy atom. The zero-order chi connectivity index (χ0) is 55.0. The van der Waals surface area contributed by atoms with Gasteiger partial charge in [0.25, 0.3) is 0 Å². The fraction of sp³-hybridized carbons (Fsp3) is 0.759. The number of nitriles is 8. The highest BCUT2D eigenvalue weighted by molar-refractivity contribution is 7.65. The molecule has 0 spiro atoms. The van der Waals surface area contributed by atoms with Gasteiger partial charge < -0.3 is 0 Å². The number of unbranched alkanes of at least 4 members (excludes halogenated alkanes) is 4. The van der Waals surface area contributed by atoms with Crippen LogP contribution in [0.4, 0.5) is 0 Å². The third kappa shape index (κ3) is 62.0. The second kappa shape index (κ2) is 70.8. The van der Waals surface area contributed by atoms with Crippen molar-refractivity contribution in [1.29, 1.82) is 42.1 Å². The summed E-state index contributed by atoms with van der Waals surface area (Å²) in [5.74, 6) is 0. The first kappa shape index (κ1) is 78.6. The first-order chi connectivity index (χ1) is 35.1. The Kier molecular flexibility index (Phi) is 77.3. The Bertz CT molecular complexity index is 1580. The predicted octanol–water partition coefficient (Wildman–Crippen LogP) is 18.5. The molecule has 404 valence electrons. The number of rotatable bonds is 36. The van der Waals surface area contributed by atoms with Gasteiger partial charge >= 0.3 is 0 Å². The fourth-order valence-electron chi connectivity index (χ4n) is 6.83. The summed E-state index contributed by atoms with van der Waals surface area (Å²) in [6.45, 7) is 20.0. The highest BCUT2D eigenvalue weighted by atomic mass is 31.1. The van der Waals surface area contributed by atoms with E-state index in [9.17, 15) is 0 Å². The monoisotopic (exact) mass is 1100 g/mol. The Labute approximate surface area is 454 Å². The zero-order valence-corrected chi connectivity index (χ0v) is 52.8. The van der Waals surface area contributed by atoms with E-state index in [2.05, 4.69) is 135 Å². The Morgan fingerprint density at radius 2 is 0.556 bits per heavy atom. The van der Waals surface area contributed by atoms with Crippen molar-refractivity contribution in [3.63, 3.8) is 0 Å². The van der Waals surface area contributed by atoms with Crippen LogP contribution < -0.4 is 5.30 Å². The lowest BCUT2D eigenvalue weighted by Gasteiger charge is -2.15. The lowest BCUT2D eigenvalue weighted by atomic mass is 10.4. The van der Waals surface area contributed by atoms with Crippen molar-refractivity contribution < 1.29 is 0 Å². The molecule has 1 aromatic rings. The van der Waals surface area contributed by atoms with E-state index in [1.807, 2.05) is 6.07 Å². The van der Waals surface area contributed by atoms with Crippen molar-refractivity contribution in [2.75, 3.05) is 105 Å². The van der Waals surface area contributed by atoms with Gasteiger partial charge in [0.05, 0.1) is 48.6 Å². The minimum absolute atomic E-state index is 0.0175. The molecule has 0 aliphatic carbocycles. The number of hydrogen-bond acceptors (Lipinski definition) is 8. The topological polar surface area (TPSA) is 190 Å². The molecule has 72 heavy (non-hydrogen) atoms. The van der Waals surface area contributed by atoms with E-state index < -0.39 is 0 Å². The Morgan fingerprint density at radius 1 is 0.278 bits per heavy atom. The third-order valence-corrected chi connectivity index (χ3v) is 27.6. The molecule has 8 nitrogen and oxygen atoms in total. The molecule has 0 fully saturated rings. The molecule has 0 saturated heterocycles. The first-order valence-electron chi connectivity index (χ1n) is 27.5. The van der Waals surface area contributed by atoms with Gasteiger partial charge in [-0.25, -0.2) is 0 Å². The van der Waals surface area contributed by atoms with Crippen molar-refractivity contribution in [2.45, 2.75) is 178 Å². The molecule has 4 unspecified atom stereocenters. The number of nitrogens with zero attached hydrogens (tertiary/aromatic N) is 8. The summed E-state index contributed by atoms with van der Waals surface area (Å²) < 4.78 is 0. The third-order valence-electron chi connectivity index (χ3n) is 11.0. The largest absolute Gasteiger partial charge is 0.198 e. The summed E-state index contributed by atoms with van der Waals surface area (Å²) in [5, 5.41) is 68.9. The molecular formula is C58H102N8P6. The van der Waals surface area contributed by atoms with Gasteiger partial charge in [0.2, 0.25) is 0 Å². The second-order valence-electron chi connectivity index (χ2n) is 17.0. The molecule has 0 heterocycles. The van der Waals surface area contributed by atoms with Crippen molar-refractivity contribution in [3.8, 4) is 48.6 Å². The standard InChI is InChI=1S/C12H16NP.C10H17N2P.C10H20NP.C9H15N2P.C9H18NP.C8H16NP/c1-2-10-14(11-6-9-13)12-7-4-3-5-8-12;1-2-3-8-13(9-4-6-11)10-5-7-12;1-3-5-9-12(4-2)10-7-6-8-11;1-2-7-12(8-3-5-10)9-4-6-11;1-3-5-8-11(4-2)9-6-7-10;1-3-7-10(4-2)8-5-6-9/h3-5,7-8H,2,6,10-11H2,1H3;2-5,8-10H2,1H3;3-7,9-10H2,1-2H3;2-4,7-9H2,1H3;3-6,8-9H2,1-2H3;3-5,7-8H2,1-2H3. The van der Waals surface area contributed by atoms with E-state index in [1.165, 1.54) is 131 Å². The van der Waals surface area contributed by atoms with E-state index in [4.69, 9.17) is 42.1 Å². The molecule has 0 saturated carbocycles. The van der Waals surface area contributed by atoms with Gasteiger partial charge in [-0.05, 0) is 136 Å². The molecular weight excluding hydrogens is 995 g/mol. The van der Waals surface area contributed by atoms with Crippen molar-refractivity contribution in [1.82, 2.24) is 0 Å². The van der Waals surface area contributed by atoms with Crippen LogP contribution in [0.3, 0.4) is 0 Å². The molecule has 0 aliphatic heterocycles. The Hall–Kier alpha value is -2.28. The van der Waals surface area contributed by atoms with Gasteiger partial charge in [-0.3, -0.25) is 0 Å². The van der Waals surface area contributed by atoms with Crippen LogP contribution in [0.25, 0.3) is 0 Å². The molecule has 1 aromatic carbocycles. The molecule has 1 rings (SSSR count). The number of hydrogen-bond donors (Lipinski definition) is 0. The molecule has 0 radical (unpaired) electrons. The average molecular weight is 1100 g/mol. The second-order valence-corrected chi connectivity index (χ2v) is 33.5. The molecule has 0 aliphatic rings. The fourth-order valence-corrected chi connectivity index (χ4v) is 19.6. The van der Waals surface area contributed by atoms with Gasteiger partial charge in [-0.15, -0.1) is 39.6 Å². The van der Waals surface area contributed by atoms with Gasteiger partial charge in [-0.1, -0.05) is 139 Å². The highest BCUT2D eigenvalue weighted by Gasteiger charge is 2.10. The lowest BCUT2D eigenvalue weighted by molar-refractivity contribution is 0.883. The Balaban J connectivity index is -0.000000250. The van der Waals surface area contributed by atoms with Crippen LogP contribution in [0, 0.1) is 90.6 Å². The normalized spacial score (nSPS) is 11.3. The average Bonchev–Trinajstić information content (AvgIpc) is 3.41. The van der Waals surface area contributed by atoms with Crippen LogP contribution in [0.2, 0.25) is 0 Å². The quantitative estimate of drug-likeness (QED) is 0.0468. The zero-order valence-electron chi connectivity index (χ0n) is 47.4. The van der Waals surface area contributed by atoms with Gasteiger partial charge in [-0.2, -0.15) is 42.1 Å². The summed E-state index contributed by atoms with van der Waals surface area (Å²) in [4.78, 5) is 0. The van der Waals surface area contributed by atoms with Crippen molar-refractivity contribution in [2.24, 2.45) is 0 Å². The van der Waals surface area contributed by atoms with Crippen LogP contribution in [0.15, 0.2) is 30.3 Å². The highest BCUT2D eigenvalue weighted by Crippen LogP contribution is 2.40. The molecule has 0 aromatic heterocycles. The molecule has 0 bridgehead atoms. The van der Waals surface area contributed by atoms with Crippen LogP contribution in [-0.2, 0) is 0 Å². The van der Waals surface area contributed by atoms with E-state index in [0.717, 1.165) is 62.7 Å². The molecule has 0 N–H and O–H groups in total. The smallest absolute Gasteiger partial charge is 0.0625 e. The van der Waals surface area contributed by atoms with E-state index in [-0.39, 0.29) is 47.5 Å². The maximum atomic E-state index is 8.59. The van der Waals surface area contributed by atoms with E-state index in [0.29, 0.717) is 32.1 Å². The summed E-state index contributed by atoms with van der Waals surface area (Å²) in [6, 6.07) is 28.2. The van der Waals surface area contributed by atoms with E-state index >= 15 is 0 Å². The van der Waals surface area contributed by atoms with Crippen molar-refractivity contribution >= 4 is 52.8 Å². The SMILES string of the molecule is CCCCP(CC)CCC#N.CCCCP(CC)CCCC#N.CCCCP(CCC#N)CCC#N.CCCP(CC)CCC#N.CCCP(CCC#N)CCC#N.CCCP(CCC#N)c1ccccc1. The summed E-state index contributed by atoms with van der Waals surface area (Å²) >= 11 is 0. The van der Waals surface area contributed by atoms with Crippen LogP contribution in [-0.4, -0.2) is 105 Å². The van der Waals surface area contributed by atoms with Crippen LogP contribution >= 0.6 is 47.5 Å². The van der Waals surface area contributed by atoms with Crippen LogP contribution in [0.5, 0.6) is 0 Å². The van der Waals surface area contributed by atoms with Gasteiger partial charge in [0.1, 0.15) is 0 Å². The minimum Gasteiger partial charge on any atom is -0.198 e. The summed E-state index contributed by atoms with van der Waals surface area (Å²) in [7, 11) is 0.568. The molecule has 14 heteroatoms.